The Morgan fingerprint density at radius 1 is 1.28 bits per heavy atom. The van der Waals surface area contributed by atoms with Gasteiger partial charge in [0.1, 0.15) is 0 Å². The number of pyridine rings is 1. The maximum atomic E-state index is 13.3. The number of aromatic nitrogens is 1. The van der Waals surface area contributed by atoms with E-state index < -0.39 is 23.0 Å². The van der Waals surface area contributed by atoms with E-state index in [9.17, 15) is 18.0 Å². The highest BCUT2D eigenvalue weighted by molar-refractivity contribution is 5.82. The van der Waals surface area contributed by atoms with Gasteiger partial charge in [-0.1, -0.05) is 43.7 Å². The minimum atomic E-state index is -4.80. The van der Waals surface area contributed by atoms with Crippen LogP contribution in [-0.4, -0.2) is 10.4 Å². The van der Waals surface area contributed by atoms with Crippen LogP contribution in [0, 0.1) is 6.57 Å². The van der Waals surface area contributed by atoms with Crippen LogP contribution in [0.5, 0.6) is 0 Å². The van der Waals surface area contributed by atoms with E-state index >= 15 is 0 Å². The molecule has 1 aromatic carbocycles. The molecule has 0 fully saturated rings. The van der Waals surface area contributed by atoms with Crippen molar-refractivity contribution in [2.75, 3.05) is 0 Å². The quantitative estimate of drug-likeness (QED) is 0.559. The molecule has 2 rings (SSSR count). The Hall–Kier alpha value is -2.88. The van der Waals surface area contributed by atoms with Crippen molar-refractivity contribution in [1.29, 1.82) is 0 Å². The van der Waals surface area contributed by atoms with E-state index in [1.54, 1.807) is 37.3 Å². The van der Waals surface area contributed by atoms with Gasteiger partial charge in [0.15, 0.2) is 0 Å². The summed E-state index contributed by atoms with van der Waals surface area (Å²) < 4.78 is 40.8. The number of alkyl halides is 3. The third-order valence-corrected chi connectivity index (χ3v) is 3.53. The van der Waals surface area contributed by atoms with Crippen LogP contribution in [0.4, 0.5) is 18.9 Å². The van der Waals surface area contributed by atoms with E-state index in [0.29, 0.717) is 17.7 Å². The normalized spacial score (nSPS) is 12.1. The first-order chi connectivity index (χ1) is 11.8. The minimum absolute atomic E-state index is 0.000720. The Labute approximate surface area is 143 Å². The molecule has 0 saturated carbocycles. The van der Waals surface area contributed by atoms with Crippen LogP contribution < -0.4 is 5.56 Å². The lowest BCUT2D eigenvalue weighted by Crippen LogP contribution is -2.23. The molecule has 0 N–H and O–H groups in total. The third kappa shape index (κ3) is 3.97. The molecular weight excluding hydrogens is 331 g/mol. The van der Waals surface area contributed by atoms with Crippen LogP contribution in [0.1, 0.15) is 32.3 Å². The molecule has 0 aliphatic heterocycles. The van der Waals surface area contributed by atoms with E-state index in [2.05, 4.69) is 9.95 Å². The molecule has 0 aliphatic carbocycles. The second-order valence-electron chi connectivity index (χ2n) is 5.47. The Balaban J connectivity index is 2.88. The number of benzene rings is 1. The first kappa shape index (κ1) is 18.5. The topological polar surface area (TPSA) is 38.7 Å². The largest absolute Gasteiger partial charge is 0.407 e. The standard InChI is InChI=1S/C18H16F3N3O/c1-4-8-12(2)23-24-15(13-9-6-5-7-10-13)11-14(18(19,20)21)16(22-3)17(24)25/h5-7,9-11H,4,8H2,1-2H3/b23-12+. The molecule has 0 unspecified atom stereocenters. The molecule has 0 bridgehead atoms. The highest BCUT2D eigenvalue weighted by atomic mass is 19.4. The Bertz CT molecular complexity index is 891. The fourth-order valence-electron chi connectivity index (χ4n) is 2.41. The van der Waals surface area contributed by atoms with Gasteiger partial charge < -0.3 is 0 Å². The molecule has 130 valence electrons. The summed E-state index contributed by atoms with van der Waals surface area (Å²) in [5.74, 6) is 0. The van der Waals surface area contributed by atoms with Gasteiger partial charge in [0, 0.05) is 11.3 Å². The van der Waals surface area contributed by atoms with Crippen LogP contribution in [0.15, 0.2) is 46.3 Å². The lowest BCUT2D eigenvalue weighted by molar-refractivity contribution is -0.136. The Morgan fingerprint density at radius 2 is 1.92 bits per heavy atom. The zero-order valence-electron chi connectivity index (χ0n) is 13.8. The average molecular weight is 347 g/mol. The summed E-state index contributed by atoms with van der Waals surface area (Å²) in [6.07, 6.45) is -3.43. The number of hydrogen-bond donors (Lipinski definition) is 0. The van der Waals surface area contributed by atoms with Gasteiger partial charge in [-0.2, -0.15) is 18.3 Å². The second-order valence-corrected chi connectivity index (χ2v) is 5.47. The fourth-order valence-corrected chi connectivity index (χ4v) is 2.41. The summed E-state index contributed by atoms with van der Waals surface area (Å²) in [5.41, 5.74) is -2.28. The van der Waals surface area contributed by atoms with Gasteiger partial charge in [0.05, 0.1) is 17.8 Å². The molecule has 1 heterocycles. The smallest absolute Gasteiger partial charge is 0.281 e. The molecule has 25 heavy (non-hydrogen) atoms. The van der Waals surface area contributed by atoms with Gasteiger partial charge in [-0.25, -0.2) is 9.52 Å². The summed E-state index contributed by atoms with van der Waals surface area (Å²) in [5, 5.41) is 4.17. The van der Waals surface area contributed by atoms with Crippen molar-refractivity contribution >= 4 is 11.4 Å². The van der Waals surface area contributed by atoms with Crippen molar-refractivity contribution in [1.82, 2.24) is 4.68 Å². The molecule has 2 aromatic rings. The lowest BCUT2D eigenvalue weighted by Gasteiger charge is -2.15. The highest BCUT2D eigenvalue weighted by Gasteiger charge is 2.36. The van der Waals surface area contributed by atoms with Gasteiger partial charge in [-0.15, -0.1) is 0 Å². The van der Waals surface area contributed by atoms with Crippen molar-refractivity contribution < 1.29 is 13.2 Å². The predicted octanol–water partition coefficient (Wildman–Crippen LogP) is 5.11. The fraction of sp³-hybridized carbons (Fsp3) is 0.278. The van der Waals surface area contributed by atoms with Gasteiger partial charge in [-0.3, -0.25) is 4.79 Å². The van der Waals surface area contributed by atoms with E-state index in [1.807, 2.05) is 6.92 Å². The Morgan fingerprint density at radius 3 is 2.44 bits per heavy atom. The molecule has 0 aliphatic rings. The van der Waals surface area contributed by atoms with Gasteiger partial charge in [0.2, 0.25) is 0 Å². The number of nitrogens with zero attached hydrogens (tertiary/aromatic N) is 3. The molecule has 7 heteroatoms. The van der Waals surface area contributed by atoms with E-state index in [-0.39, 0.29) is 5.69 Å². The molecule has 0 radical (unpaired) electrons. The first-order valence-corrected chi connectivity index (χ1v) is 7.64. The van der Waals surface area contributed by atoms with Crippen molar-refractivity contribution in [3.05, 3.63) is 63.7 Å². The van der Waals surface area contributed by atoms with Crippen LogP contribution in [0.25, 0.3) is 16.1 Å². The summed E-state index contributed by atoms with van der Waals surface area (Å²) in [6, 6.07) is 9.02. The predicted molar refractivity (Wildman–Crippen MR) is 90.8 cm³/mol. The zero-order chi connectivity index (χ0) is 18.6. The number of hydrogen-bond acceptors (Lipinski definition) is 2. The first-order valence-electron chi connectivity index (χ1n) is 7.64. The second kappa shape index (κ2) is 7.34. The zero-order valence-corrected chi connectivity index (χ0v) is 13.8. The lowest BCUT2D eigenvalue weighted by atomic mass is 10.1. The molecule has 4 nitrogen and oxygen atoms in total. The van der Waals surface area contributed by atoms with Crippen LogP contribution in [0.2, 0.25) is 0 Å². The van der Waals surface area contributed by atoms with Gasteiger partial charge in [-0.05, 0) is 19.4 Å². The summed E-state index contributed by atoms with van der Waals surface area (Å²) in [7, 11) is 0. The summed E-state index contributed by atoms with van der Waals surface area (Å²) >= 11 is 0. The highest BCUT2D eigenvalue weighted by Crippen LogP contribution is 2.37. The monoisotopic (exact) mass is 347 g/mol. The van der Waals surface area contributed by atoms with Crippen molar-refractivity contribution in [2.45, 2.75) is 32.9 Å². The number of halogens is 3. The van der Waals surface area contributed by atoms with E-state index in [4.69, 9.17) is 6.57 Å². The Kier molecular flexibility index (Phi) is 5.42. The molecule has 1 aromatic heterocycles. The molecule has 0 amide bonds. The van der Waals surface area contributed by atoms with Gasteiger partial charge in [0.25, 0.3) is 11.2 Å². The summed E-state index contributed by atoms with van der Waals surface area (Å²) in [4.78, 5) is 15.4. The molecule has 0 spiro atoms. The van der Waals surface area contributed by atoms with E-state index in [0.717, 1.165) is 17.2 Å². The van der Waals surface area contributed by atoms with Crippen LogP contribution in [0.3, 0.4) is 0 Å². The van der Waals surface area contributed by atoms with E-state index in [1.165, 1.54) is 0 Å². The van der Waals surface area contributed by atoms with Crippen LogP contribution >= 0.6 is 0 Å². The van der Waals surface area contributed by atoms with Crippen molar-refractivity contribution in [2.24, 2.45) is 5.10 Å². The maximum Gasteiger partial charge on any atom is 0.407 e. The third-order valence-electron chi connectivity index (χ3n) is 3.53. The van der Waals surface area contributed by atoms with Gasteiger partial charge >= 0.3 is 6.18 Å². The minimum Gasteiger partial charge on any atom is -0.281 e. The van der Waals surface area contributed by atoms with Crippen molar-refractivity contribution in [3.63, 3.8) is 0 Å². The van der Waals surface area contributed by atoms with Crippen LogP contribution in [-0.2, 0) is 6.18 Å². The molecular formula is C18H16F3N3O. The molecule has 0 saturated heterocycles. The number of rotatable bonds is 4. The van der Waals surface area contributed by atoms with Crippen molar-refractivity contribution in [3.8, 4) is 11.3 Å². The average Bonchev–Trinajstić information content (AvgIpc) is 2.56. The maximum absolute atomic E-state index is 13.3. The summed E-state index contributed by atoms with van der Waals surface area (Å²) in [6.45, 7) is 10.6. The SMILES string of the molecule is [C-]#[N+]c1c(C(F)(F)F)cc(-c2ccccc2)n(/N=C(\C)CCC)c1=O. The molecule has 0 atom stereocenters.